The van der Waals surface area contributed by atoms with Gasteiger partial charge >= 0.3 is 6.36 Å². The lowest BCUT2D eigenvalue weighted by Crippen LogP contribution is -2.18. The number of pyridine rings is 1. The minimum atomic E-state index is -4.90. The number of carbonyl (C=O) groups is 1. The minimum Gasteiger partial charge on any atom is -0.388 e. The van der Waals surface area contributed by atoms with Gasteiger partial charge in [0.2, 0.25) is 5.88 Å². The minimum absolute atomic E-state index is 0.0380. The molecule has 0 aliphatic carbocycles. The third-order valence-electron chi connectivity index (χ3n) is 1.57. The molecular formula is C8H4F4INO2. The van der Waals surface area contributed by atoms with E-state index in [1.165, 1.54) is 22.6 Å². The van der Waals surface area contributed by atoms with Crippen LogP contribution in [0, 0.1) is 3.70 Å². The average Bonchev–Trinajstić information content (AvgIpc) is 2.14. The number of hydrogen-bond donors (Lipinski definition) is 0. The first kappa shape index (κ1) is 13.1. The molecule has 0 aliphatic rings. The smallest absolute Gasteiger partial charge is 0.388 e. The standard InChI is InChI=1S/C8H4F4INO2/c9-2-5-4(3-15)1-6(14-7(5)13)16-8(10,11)12/h1,3H,2H2. The molecule has 0 bridgehead atoms. The van der Waals surface area contributed by atoms with Crippen LogP contribution in [0.15, 0.2) is 6.07 Å². The number of aromatic nitrogens is 1. The fourth-order valence-corrected chi connectivity index (χ4v) is 1.64. The predicted octanol–water partition coefficient (Wildman–Crippen LogP) is 2.87. The van der Waals surface area contributed by atoms with Gasteiger partial charge in [-0.05, 0) is 22.6 Å². The van der Waals surface area contributed by atoms with Crippen molar-refractivity contribution in [2.45, 2.75) is 13.0 Å². The topological polar surface area (TPSA) is 39.2 Å². The highest BCUT2D eigenvalue weighted by molar-refractivity contribution is 14.1. The van der Waals surface area contributed by atoms with Gasteiger partial charge in [-0.2, -0.15) is 0 Å². The summed E-state index contributed by atoms with van der Waals surface area (Å²) in [5.74, 6) is -0.781. The molecule has 0 amide bonds. The normalized spacial score (nSPS) is 11.3. The lowest BCUT2D eigenvalue weighted by Gasteiger charge is -2.10. The van der Waals surface area contributed by atoms with Crippen LogP contribution in [0.5, 0.6) is 5.88 Å². The Balaban J connectivity index is 3.15. The second-order valence-corrected chi connectivity index (χ2v) is 3.64. The molecule has 0 unspecified atom stereocenters. The van der Waals surface area contributed by atoms with Crippen LogP contribution in [0.4, 0.5) is 17.6 Å². The summed E-state index contributed by atoms with van der Waals surface area (Å²) in [4.78, 5) is 13.9. The summed E-state index contributed by atoms with van der Waals surface area (Å²) in [6.07, 6.45) is -4.64. The van der Waals surface area contributed by atoms with Crippen LogP contribution < -0.4 is 4.74 Å². The average molecular weight is 349 g/mol. The Morgan fingerprint density at radius 1 is 1.50 bits per heavy atom. The molecule has 0 aliphatic heterocycles. The maximum atomic E-state index is 12.4. The number of alkyl halides is 4. The monoisotopic (exact) mass is 349 g/mol. The van der Waals surface area contributed by atoms with E-state index in [2.05, 4.69) is 9.72 Å². The van der Waals surface area contributed by atoms with Crippen molar-refractivity contribution in [1.82, 2.24) is 4.98 Å². The molecular weight excluding hydrogens is 345 g/mol. The number of carbonyl (C=O) groups excluding carboxylic acids is 1. The number of aldehydes is 1. The van der Waals surface area contributed by atoms with E-state index in [0.29, 0.717) is 0 Å². The fraction of sp³-hybridized carbons (Fsp3) is 0.250. The third kappa shape index (κ3) is 3.29. The van der Waals surface area contributed by atoms with E-state index in [9.17, 15) is 22.4 Å². The van der Waals surface area contributed by atoms with Crippen molar-refractivity contribution in [3.8, 4) is 5.88 Å². The maximum Gasteiger partial charge on any atom is 0.574 e. The van der Waals surface area contributed by atoms with Crippen molar-refractivity contribution in [1.29, 1.82) is 0 Å². The largest absolute Gasteiger partial charge is 0.574 e. The molecule has 1 heterocycles. The van der Waals surface area contributed by atoms with Crippen molar-refractivity contribution in [2.75, 3.05) is 0 Å². The van der Waals surface area contributed by atoms with Gasteiger partial charge in [-0.3, -0.25) is 4.79 Å². The number of rotatable bonds is 3. The van der Waals surface area contributed by atoms with Gasteiger partial charge in [0, 0.05) is 17.2 Å². The van der Waals surface area contributed by atoms with Gasteiger partial charge < -0.3 is 4.74 Å². The summed E-state index contributed by atoms with van der Waals surface area (Å²) in [5.41, 5.74) is -0.258. The van der Waals surface area contributed by atoms with Crippen LogP contribution in [-0.2, 0) is 6.67 Å². The summed E-state index contributed by atoms with van der Waals surface area (Å²) in [7, 11) is 0. The van der Waals surface area contributed by atoms with Crippen molar-refractivity contribution >= 4 is 28.9 Å². The highest BCUT2D eigenvalue weighted by atomic mass is 127. The molecule has 3 nitrogen and oxygen atoms in total. The number of nitrogens with zero attached hydrogens (tertiary/aromatic N) is 1. The first-order chi connectivity index (χ1) is 7.37. The summed E-state index contributed by atoms with van der Waals surface area (Å²) >= 11 is 1.53. The molecule has 1 aromatic heterocycles. The SMILES string of the molecule is O=Cc1cc(OC(F)(F)F)nc(I)c1CF. The zero-order valence-corrected chi connectivity index (χ0v) is 9.67. The Morgan fingerprint density at radius 2 is 2.12 bits per heavy atom. The van der Waals surface area contributed by atoms with E-state index < -0.39 is 18.9 Å². The van der Waals surface area contributed by atoms with Gasteiger partial charge in [0.15, 0.2) is 6.29 Å². The van der Waals surface area contributed by atoms with Crippen molar-refractivity contribution in [3.05, 3.63) is 20.9 Å². The van der Waals surface area contributed by atoms with E-state index in [1.807, 2.05) is 0 Å². The molecule has 16 heavy (non-hydrogen) atoms. The van der Waals surface area contributed by atoms with Crippen molar-refractivity contribution < 1.29 is 27.1 Å². The molecule has 1 aromatic rings. The first-order valence-corrected chi connectivity index (χ1v) is 4.91. The van der Waals surface area contributed by atoms with Crippen LogP contribution in [0.2, 0.25) is 0 Å². The molecule has 8 heteroatoms. The molecule has 1 rings (SSSR count). The summed E-state index contributed by atoms with van der Waals surface area (Å²) < 4.78 is 51.5. The number of ether oxygens (including phenoxy) is 1. The lowest BCUT2D eigenvalue weighted by molar-refractivity contribution is -0.276. The summed E-state index contributed by atoms with van der Waals surface area (Å²) in [6.45, 7) is -0.981. The van der Waals surface area contributed by atoms with Crippen molar-refractivity contribution in [2.24, 2.45) is 0 Å². The first-order valence-electron chi connectivity index (χ1n) is 3.83. The molecule has 0 saturated heterocycles. The van der Waals surface area contributed by atoms with Gasteiger partial charge in [0.25, 0.3) is 0 Å². The third-order valence-corrected chi connectivity index (χ3v) is 2.46. The highest BCUT2D eigenvalue weighted by Crippen LogP contribution is 2.25. The predicted molar refractivity (Wildman–Crippen MR) is 53.8 cm³/mol. The molecule has 0 aromatic carbocycles. The Hall–Kier alpha value is -0.930. The van der Waals surface area contributed by atoms with E-state index in [0.717, 1.165) is 6.07 Å². The fourth-order valence-electron chi connectivity index (χ4n) is 0.944. The van der Waals surface area contributed by atoms with Crippen LogP contribution >= 0.6 is 22.6 Å². The molecule has 0 radical (unpaired) electrons. The Bertz CT molecular complexity index is 408. The van der Waals surface area contributed by atoms with Gasteiger partial charge in [-0.25, -0.2) is 9.37 Å². The Labute approximate surface area is 101 Å². The summed E-state index contributed by atoms with van der Waals surface area (Å²) in [5, 5.41) is 0. The summed E-state index contributed by atoms with van der Waals surface area (Å²) in [6, 6.07) is 0.748. The van der Waals surface area contributed by atoms with E-state index in [-0.39, 0.29) is 21.1 Å². The van der Waals surface area contributed by atoms with Crippen LogP contribution in [0.25, 0.3) is 0 Å². The van der Waals surface area contributed by atoms with E-state index >= 15 is 0 Å². The lowest BCUT2D eigenvalue weighted by atomic mass is 10.2. The molecule has 0 fully saturated rings. The molecule has 0 N–H and O–H groups in total. The second-order valence-electron chi connectivity index (χ2n) is 2.62. The van der Waals surface area contributed by atoms with E-state index in [1.54, 1.807) is 0 Å². The van der Waals surface area contributed by atoms with Gasteiger partial charge in [0.1, 0.15) is 10.4 Å². The Morgan fingerprint density at radius 3 is 2.56 bits per heavy atom. The molecule has 88 valence electrons. The zero-order chi connectivity index (χ0) is 12.3. The molecule has 0 saturated carbocycles. The second kappa shape index (κ2) is 4.93. The quantitative estimate of drug-likeness (QED) is 0.365. The van der Waals surface area contributed by atoms with Crippen molar-refractivity contribution in [3.63, 3.8) is 0 Å². The van der Waals surface area contributed by atoms with Gasteiger partial charge in [0.05, 0.1) is 0 Å². The maximum absolute atomic E-state index is 12.4. The van der Waals surface area contributed by atoms with Crippen LogP contribution in [0.1, 0.15) is 15.9 Å². The van der Waals surface area contributed by atoms with E-state index in [4.69, 9.17) is 0 Å². The zero-order valence-electron chi connectivity index (χ0n) is 7.52. The molecule has 0 spiro atoms. The van der Waals surface area contributed by atoms with Gasteiger partial charge in [-0.1, -0.05) is 0 Å². The van der Waals surface area contributed by atoms with Crippen LogP contribution in [-0.4, -0.2) is 17.6 Å². The molecule has 0 atom stereocenters. The van der Waals surface area contributed by atoms with Gasteiger partial charge in [-0.15, -0.1) is 13.2 Å². The highest BCUT2D eigenvalue weighted by Gasteiger charge is 2.32. The Kier molecular flexibility index (Phi) is 4.05. The van der Waals surface area contributed by atoms with Crippen LogP contribution in [0.3, 0.4) is 0 Å². The number of hydrogen-bond acceptors (Lipinski definition) is 3. The number of halogens is 5.